The van der Waals surface area contributed by atoms with Crippen molar-refractivity contribution in [3.8, 4) is 0 Å². The number of carbonyl (C=O) groups is 1. The molecular weight excluding hydrogens is 402 g/mol. The van der Waals surface area contributed by atoms with Crippen molar-refractivity contribution in [1.82, 2.24) is 20.0 Å². The number of carbonyl (C=O) groups excluding carboxylic acids is 1. The topological polar surface area (TPSA) is 84.2 Å². The van der Waals surface area contributed by atoms with Crippen molar-refractivity contribution in [3.05, 3.63) is 71.6 Å². The average Bonchev–Trinajstić information content (AvgIpc) is 3.60. The van der Waals surface area contributed by atoms with Crippen molar-refractivity contribution >= 4 is 11.7 Å². The predicted octanol–water partition coefficient (Wildman–Crippen LogP) is 5.10. The van der Waals surface area contributed by atoms with E-state index in [9.17, 15) is 4.79 Å². The lowest BCUT2D eigenvalue weighted by Crippen LogP contribution is -2.33. The highest BCUT2D eigenvalue weighted by atomic mass is 16.5. The summed E-state index contributed by atoms with van der Waals surface area (Å²) in [5.41, 5.74) is 3.10. The van der Waals surface area contributed by atoms with Gasteiger partial charge in [0, 0.05) is 43.0 Å². The molecule has 3 aromatic rings. The van der Waals surface area contributed by atoms with E-state index in [4.69, 9.17) is 9.51 Å². The quantitative estimate of drug-likeness (QED) is 0.608. The van der Waals surface area contributed by atoms with Gasteiger partial charge < -0.3 is 14.7 Å². The molecule has 5 rings (SSSR count). The zero-order valence-corrected chi connectivity index (χ0v) is 18.4. The van der Waals surface area contributed by atoms with Crippen molar-refractivity contribution < 1.29 is 9.32 Å². The second kappa shape index (κ2) is 9.10. The maximum Gasteiger partial charge on any atom is 0.321 e. The number of benzene rings is 1. The Hall–Kier alpha value is -3.22. The molecule has 166 valence electrons. The molecular formula is C25H29N5O2. The predicted molar refractivity (Wildman–Crippen MR) is 122 cm³/mol. The number of hydrogen-bond donors (Lipinski definition) is 1. The molecule has 2 aliphatic rings. The van der Waals surface area contributed by atoms with Crippen LogP contribution in [-0.2, 0) is 6.42 Å². The number of hydrogen-bond acceptors (Lipinski definition) is 5. The summed E-state index contributed by atoms with van der Waals surface area (Å²) in [4.78, 5) is 24.1. The number of aromatic nitrogens is 3. The Balaban J connectivity index is 1.37. The molecule has 3 heterocycles. The lowest BCUT2D eigenvalue weighted by atomic mass is 9.90. The fourth-order valence-corrected chi connectivity index (χ4v) is 4.97. The summed E-state index contributed by atoms with van der Waals surface area (Å²) in [5.74, 6) is 1.87. The van der Waals surface area contributed by atoms with Crippen molar-refractivity contribution in [2.24, 2.45) is 0 Å². The second-order valence-corrected chi connectivity index (χ2v) is 8.86. The van der Waals surface area contributed by atoms with Crippen LogP contribution in [-0.4, -0.2) is 39.1 Å². The highest BCUT2D eigenvalue weighted by molar-refractivity contribution is 5.89. The van der Waals surface area contributed by atoms with E-state index in [0.717, 1.165) is 36.3 Å². The highest BCUT2D eigenvalue weighted by Crippen LogP contribution is 2.40. The van der Waals surface area contributed by atoms with Gasteiger partial charge in [-0.3, -0.25) is 4.98 Å². The minimum atomic E-state index is -0.106. The van der Waals surface area contributed by atoms with E-state index in [2.05, 4.69) is 34.5 Å². The first-order chi connectivity index (χ1) is 15.7. The number of likely N-dealkylation sites (tertiary alicyclic amines) is 1. The molecule has 32 heavy (non-hydrogen) atoms. The number of rotatable bonds is 5. The van der Waals surface area contributed by atoms with Gasteiger partial charge in [-0.2, -0.15) is 4.98 Å². The van der Waals surface area contributed by atoms with Crippen LogP contribution in [0, 0.1) is 0 Å². The first-order valence-electron chi connectivity index (χ1n) is 11.6. The molecule has 7 nitrogen and oxygen atoms in total. The fourth-order valence-electron chi connectivity index (χ4n) is 4.97. The first kappa shape index (κ1) is 20.7. The summed E-state index contributed by atoms with van der Waals surface area (Å²) in [6, 6.07) is 11.9. The Morgan fingerprint density at radius 1 is 1.16 bits per heavy atom. The number of pyridine rings is 1. The highest BCUT2D eigenvalue weighted by Gasteiger charge is 2.41. The van der Waals surface area contributed by atoms with Crippen LogP contribution in [0.25, 0.3) is 0 Å². The van der Waals surface area contributed by atoms with Crippen LogP contribution in [0.1, 0.15) is 73.2 Å². The average molecular weight is 432 g/mol. The molecule has 1 saturated heterocycles. The van der Waals surface area contributed by atoms with Crippen LogP contribution in [0.4, 0.5) is 10.5 Å². The standard InChI is InChI=1S/C25H29N5O2/c1-2-17-7-5-11-20(13-17)27-25(31)30-15-21(19-10-6-12-26-14-19)22(16-30)24-28-23(29-32-24)18-8-3-4-9-18/h5-7,10-14,18,21-22H,2-4,8-9,15-16H2,1H3,(H,27,31)/t21-,22+/m0/s1. The lowest BCUT2D eigenvalue weighted by Gasteiger charge is -2.17. The largest absolute Gasteiger partial charge is 0.339 e. The van der Waals surface area contributed by atoms with E-state index >= 15 is 0 Å². The molecule has 2 aromatic heterocycles. The Morgan fingerprint density at radius 2 is 2.00 bits per heavy atom. The van der Waals surface area contributed by atoms with Gasteiger partial charge in [-0.15, -0.1) is 0 Å². The molecule has 1 aliphatic carbocycles. The molecule has 0 bridgehead atoms. The third-order valence-corrected chi connectivity index (χ3v) is 6.80. The number of aryl methyl sites for hydroxylation is 1. The minimum absolute atomic E-state index is 0.0467. The third kappa shape index (κ3) is 4.24. The van der Waals surface area contributed by atoms with Crippen LogP contribution < -0.4 is 5.32 Å². The molecule has 1 N–H and O–H groups in total. The Kier molecular flexibility index (Phi) is 5.88. The summed E-state index contributed by atoms with van der Waals surface area (Å²) in [5, 5.41) is 7.36. The monoisotopic (exact) mass is 431 g/mol. The van der Waals surface area contributed by atoms with E-state index in [1.165, 1.54) is 18.4 Å². The van der Waals surface area contributed by atoms with Gasteiger partial charge in [-0.05, 0) is 48.6 Å². The maximum absolute atomic E-state index is 13.1. The molecule has 0 spiro atoms. The van der Waals surface area contributed by atoms with Crippen molar-refractivity contribution in [2.75, 3.05) is 18.4 Å². The summed E-state index contributed by atoms with van der Waals surface area (Å²) in [6.07, 6.45) is 9.27. The fraction of sp³-hybridized carbons (Fsp3) is 0.440. The van der Waals surface area contributed by atoms with Gasteiger partial charge in [-0.1, -0.05) is 43.1 Å². The summed E-state index contributed by atoms with van der Waals surface area (Å²) >= 11 is 0. The van der Waals surface area contributed by atoms with Gasteiger partial charge in [0.2, 0.25) is 5.89 Å². The van der Waals surface area contributed by atoms with Crippen molar-refractivity contribution in [2.45, 2.75) is 56.8 Å². The molecule has 7 heteroatoms. The van der Waals surface area contributed by atoms with E-state index < -0.39 is 0 Å². The van der Waals surface area contributed by atoms with E-state index in [0.29, 0.717) is 24.9 Å². The van der Waals surface area contributed by atoms with E-state index in [-0.39, 0.29) is 17.9 Å². The van der Waals surface area contributed by atoms with Crippen LogP contribution in [0.2, 0.25) is 0 Å². The van der Waals surface area contributed by atoms with Gasteiger partial charge >= 0.3 is 6.03 Å². The van der Waals surface area contributed by atoms with Crippen LogP contribution in [0.15, 0.2) is 53.3 Å². The molecule has 0 radical (unpaired) electrons. The summed E-state index contributed by atoms with van der Waals surface area (Å²) in [7, 11) is 0. The normalized spacial score (nSPS) is 21.2. The van der Waals surface area contributed by atoms with Crippen molar-refractivity contribution in [3.63, 3.8) is 0 Å². The SMILES string of the molecule is CCc1cccc(NC(=O)N2C[C@@H](c3cccnc3)[C@H](c3nc(C4CCCC4)no3)C2)c1. The zero-order valence-electron chi connectivity index (χ0n) is 18.4. The Labute approximate surface area is 188 Å². The Morgan fingerprint density at radius 3 is 2.78 bits per heavy atom. The van der Waals surface area contributed by atoms with Crippen molar-refractivity contribution in [1.29, 1.82) is 0 Å². The number of urea groups is 1. The molecule has 1 aliphatic heterocycles. The van der Waals surface area contributed by atoms with Gasteiger partial charge in [0.15, 0.2) is 5.82 Å². The zero-order chi connectivity index (χ0) is 21.9. The molecule has 1 aromatic carbocycles. The van der Waals surface area contributed by atoms with E-state index in [1.54, 1.807) is 6.20 Å². The van der Waals surface area contributed by atoms with Crippen LogP contribution in [0.3, 0.4) is 0 Å². The van der Waals surface area contributed by atoms with Gasteiger partial charge in [0.25, 0.3) is 0 Å². The number of amides is 2. The number of anilines is 1. The van der Waals surface area contributed by atoms with E-state index in [1.807, 2.05) is 35.4 Å². The van der Waals surface area contributed by atoms with Gasteiger partial charge in [0.1, 0.15) is 0 Å². The smallest absolute Gasteiger partial charge is 0.321 e. The van der Waals surface area contributed by atoms with Gasteiger partial charge in [-0.25, -0.2) is 4.79 Å². The summed E-state index contributed by atoms with van der Waals surface area (Å²) in [6.45, 7) is 3.22. The molecule has 2 fully saturated rings. The second-order valence-electron chi connectivity index (χ2n) is 8.86. The molecule has 0 unspecified atom stereocenters. The minimum Gasteiger partial charge on any atom is -0.339 e. The Bertz CT molecular complexity index is 1060. The van der Waals surface area contributed by atoms with Crippen LogP contribution in [0.5, 0.6) is 0 Å². The maximum atomic E-state index is 13.1. The number of nitrogens with one attached hydrogen (secondary N) is 1. The van der Waals surface area contributed by atoms with Gasteiger partial charge in [0.05, 0.1) is 5.92 Å². The lowest BCUT2D eigenvalue weighted by molar-refractivity contribution is 0.221. The molecule has 2 amide bonds. The third-order valence-electron chi connectivity index (χ3n) is 6.80. The number of nitrogens with zero attached hydrogens (tertiary/aromatic N) is 4. The summed E-state index contributed by atoms with van der Waals surface area (Å²) < 4.78 is 5.75. The molecule has 1 saturated carbocycles. The molecule has 2 atom stereocenters. The van der Waals surface area contributed by atoms with Crippen LogP contribution >= 0.6 is 0 Å². The first-order valence-corrected chi connectivity index (χ1v) is 11.6.